The zero-order valence-electron chi connectivity index (χ0n) is 21.1. The molecule has 5 rings (SSSR count). The van der Waals surface area contributed by atoms with Gasteiger partial charge in [-0.25, -0.2) is 4.98 Å². The highest BCUT2D eigenvalue weighted by Crippen LogP contribution is 2.34. The first-order valence-electron chi connectivity index (χ1n) is 12.3. The fourth-order valence-electron chi connectivity index (χ4n) is 4.76. The molecule has 1 unspecified atom stereocenters. The number of ether oxygens (including phenoxy) is 1. The number of likely N-dealkylation sites (N-methyl/N-ethyl adjacent to an activating group) is 1. The van der Waals surface area contributed by atoms with E-state index >= 15 is 0 Å². The van der Waals surface area contributed by atoms with Gasteiger partial charge in [0, 0.05) is 19.6 Å². The number of nitrogens with zero attached hydrogens (tertiary/aromatic N) is 2. The first-order valence-corrected chi connectivity index (χ1v) is 13.1. The van der Waals surface area contributed by atoms with Gasteiger partial charge in [0.1, 0.15) is 11.6 Å². The number of hydrogen-bond acceptors (Lipinski definition) is 7. The largest absolute Gasteiger partial charge is 0.497 e. The van der Waals surface area contributed by atoms with E-state index in [0.29, 0.717) is 22.6 Å². The van der Waals surface area contributed by atoms with Gasteiger partial charge in [0.2, 0.25) is 0 Å². The molecular formula is C28H30N4O4S. The molecule has 1 aliphatic heterocycles. The van der Waals surface area contributed by atoms with Crippen molar-refractivity contribution in [2.24, 2.45) is 0 Å². The number of fused-ring (bicyclic) bond motifs is 2. The second kappa shape index (κ2) is 10.4. The molecule has 3 N–H and O–H groups in total. The van der Waals surface area contributed by atoms with Crippen LogP contribution in [0, 0.1) is 6.92 Å². The number of imidazole rings is 1. The summed E-state index contributed by atoms with van der Waals surface area (Å²) in [5.74, 6) is -2.19. The molecular weight excluding hydrogens is 488 g/mol. The van der Waals surface area contributed by atoms with E-state index < -0.39 is 17.7 Å². The zero-order chi connectivity index (χ0) is 26.1. The number of carboxylic acids is 1. The fourth-order valence-corrected chi connectivity index (χ4v) is 5.76. The van der Waals surface area contributed by atoms with Gasteiger partial charge >= 0.3 is 5.97 Å². The number of aromatic nitrogens is 2. The Morgan fingerprint density at radius 3 is 2.57 bits per heavy atom. The summed E-state index contributed by atoms with van der Waals surface area (Å²) in [6.07, 6.45) is 1.85. The number of H-pyrrole nitrogens is 1. The lowest BCUT2D eigenvalue weighted by molar-refractivity contribution is -0.137. The number of methoxy groups -OCH3 is 1. The average Bonchev–Trinajstić information content (AvgIpc) is 3.41. The molecule has 9 heteroatoms. The molecule has 0 bridgehead atoms. The molecule has 1 aliphatic rings. The maximum atomic E-state index is 13.6. The smallest absolute Gasteiger partial charge is 0.322 e. The number of aryl methyl sites for hydroxylation is 1. The lowest BCUT2D eigenvalue weighted by atomic mass is 10.0. The predicted molar refractivity (Wildman–Crippen MR) is 145 cm³/mol. The van der Waals surface area contributed by atoms with E-state index in [1.807, 2.05) is 42.6 Å². The summed E-state index contributed by atoms with van der Waals surface area (Å²) in [4.78, 5) is 36.4. The Hall–Kier alpha value is -3.69. The van der Waals surface area contributed by atoms with Crippen LogP contribution in [0.5, 0.6) is 5.75 Å². The molecule has 1 atom stereocenters. The number of ketones is 1. The molecule has 0 radical (unpaired) electrons. The van der Waals surface area contributed by atoms with Crippen molar-refractivity contribution in [3.05, 3.63) is 74.7 Å². The van der Waals surface area contributed by atoms with Crippen LogP contribution in [0.1, 0.15) is 43.7 Å². The molecule has 0 fully saturated rings. The number of carbonyl (C=O) groups is 2. The number of benzene rings is 2. The summed E-state index contributed by atoms with van der Waals surface area (Å²) < 4.78 is 5.21. The molecule has 192 valence electrons. The van der Waals surface area contributed by atoms with Crippen molar-refractivity contribution in [3.63, 3.8) is 0 Å². The topological polar surface area (TPSA) is 108 Å². The molecule has 2 aromatic carbocycles. The van der Waals surface area contributed by atoms with Crippen molar-refractivity contribution < 1.29 is 19.4 Å². The molecule has 37 heavy (non-hydrogen) atoms. The van der Waals surface area contributed by atoms with Crippen LogP contribution >= 0.6 is 11.3 Å². The van der Waals surface area contributed by atoms with Crippen molar-refractivity contribution in [2.75, 3.05) is 32.6 Å². The highest BCUT2D eigenvalue weighted by molar-refractivity contribution is 7.13. The van der Waals surface area contributed by atoms with Crippen molar-refractivity contribution in [1.82, 2.24) is 14.9 Å². The van der Waals surface area contributed by atoms with Gasteiger partial charge < -0.3 is 25.0 Å². The number of Topliss-reactive ketones (excluding diaryl/α,β-unsaturated/α-hetero) is 1. The first-order chi connectivity index (χ1) is 17.8. The summed E-state index contributed by atoms with van der Waals surface area (Å²) in [5.41, 5.74) is 6.49. The number of carbonyl (C=O) groups excluding carboxylic acids is 1. The second-order valence-corrected chi connectivity index (χ2v) is 10.4. The normalized spacial score (nSPS) is 14.7. The van der Waals surface area contributed by atoms with Gasteiger partial charge in [0.15, 0.2) is 11.7 Å². The standard InChI is InChI=1S/C28H30N4O4S/c1-16-15-37-26(24(16)29-14-17-4-6-20(36-3)7-5-17)25(33)23(28(34)35)27-30-21-12-18-8-10-32(2)11-9-19(18)13-22(21)31-27/h4-7,12-13,15,23,29H,8-11,14H2,1-3H3,(H,30,31)(H,34,35). The van der Waals surface area contributed by atoms with Gasteiger partial charge in [-0.1, -0.05) is 12.1 Å². The SMILES string of the molecule is COc1ccc(CNc2c(C)csc2C(=O)C(C(=O)O)c2nc3cc4c(cc3[nH]2)CCN(C)CC4)cc1. The summed E-state index contributed by atoms with van der Waals surface area (Å²) in [6, 6.07) is 11.7. The van der Waals surface area contributed by atoms with Crippen molar-refractivity contribution in [3.8, 4) is 5.75 Å². The van der Waals surface area contributed by atoms with Gasteiger partial charge in [-0.05, 0) is 78.7 Å². The second-order valence-electron chi connectivity index (χ2n) is 9.52. The Morgan fingerprint density at radius 2 is 1.89 bits per heavy atom. The number of aliphatic carboxylic acids is 1. The number of nitrogens with one attached hydrogen (secondary N) is 2. The summed E-state index contributed by atoms with van der Waals surface area (Å²) in [6.45, 7) is 4.34. The minimum absolute atomic E-state index is 0.164. The minimum atomic E-state index is -1.42. The zero-order valence-corrected chi connectivity index (χ0v) is 21.9. The molecule has 0 saturated heterocycles. The number of rotatable bonds is 8. The van der Waals surface area contributed by atoms with E-state index in [9.17, 15) is 14.7 Å². The maximum Gasteiger partial charge on any atom is 0.322 e. The van der Waals surface area contributed by atoms with Crippen LogP contribution in [0.3, 0.4) is 0 Å². The Kier molecular flexibility index (Phi) is 6.99. The lowest BCUT2D eigenvalue weighted by Gasteiger charge is -2.12. The van der Waals surface area contributed by atoms with Crippen LogP contribution < -0.4 is 10.1 Å². The molecule has 3 heterocycles. The van der Waals surface area contributed by atoms with Crippen molar-refractivity contribution >= 4 is 39.8 Å². The number of anilines is 1. The Balaban J connectivity index is 1.42. The van der Waals surface area contributed by atoms with E-state index in [1.165, 1.54) is 22.5 Å². The monoisotopic (exact) mass is 518 g/mol. The van der Waals surface area contributed by atoms with Gasteiger partial charge in [-0.2, -0.15) is 0 Å². The van der Waals surface area contributed by atoms with E-state index in [1.54, 1.807) is 7.11 Å². The lowest BCUT2D eigenvalue weighted by Crippen LogP contribution is -2.23. The van der Waals surface area contributed by atoms with Crippen LogP contribution in [0.25, 0.3) is 11.0 Å². The van der Waals surface area contributed by atoms with Crippen molar-refractivity contribution in [2.45, 2.75) is 32.2 Å². The average molecular weight is 519 g/mol. The van der Waals surface area contributed by atoms with E-state index in [4.69, 9.17) is 4.74 Å². The Labute approximate surface area is 219 Å². The summed E-state index contributed by atoms with van der Waals surface area (Å²) in [5, 5.41) is 15.3. The highest BCUT2D eigenvalue weighted by atomic mass is 32.1. The fraction of sp³-hybridized carbons (Fsp3) is 0.321. The third-order valence-corrected chi connectivity index (χ3v) is 8.07. The quantitative estimate of drug-likeness (QED) is 0.230. The molecule has 0 aliphatic carbocycles. The number of thiophene rings is 1. The molecule has 0 saturated carbocycles. The number of aromatic amines is 1. The summed E-state index contributed by atoms with van der Waals surface area (Å²) >= 11 is 1.25. The van der Waals surface area contributed by atoms with Crippen molar-refractivity contribution in [1.29, 1.82) is 0 Å². The Morgan fingerprint density at radius 1 is 1.19 bits per heavy atom. The predicted octanol–water partition coefficient (Wildman–Crippen LogP) is 4.64. The molecule has 0 spiro atoms. The molecule has 2 aromatic heterocycles. The van der Waals surface area contributed by atoms with E-state index in [0.717, 1.165) is 48.3 Å². The summed E-state index contributed by atoms with van der Waals surface area (Å²) in [7, 11) is 3.73. The molecule has 8 nitrogen and oxygen atoms in total. The van der Waals surface area contributed by atoms with Crippen LogP contribution in [0.15, 0.2) is 41.8 Å². The van der Waals surface area contributed by atoms with Crippen LogP contribution in [0.2, 0.25) is 0 Å². The van der Waals surface area contributed by atoms with Gasteiger partial charge in [0.25, 0.3) is 0 Å². The van der Waals surface area contributed by atoms with Crippen LogP contribution in [-0.2, 0) is 24.2 Å². The van der Waals surface area contributed by atoms with Gasteiger partial charge in [0.05, 0.1) is 28.7 Å². The third kappa shape index (κ3) is 5.10. The van der Waals surface area contributed by atoms with Gasteiger partial charge in [-0.15, -0.1) is 11.3 Å². The van der Waals surface area contributed by atoms with Crippen LogP contribution in [-0.4, -0.2) is 59.0 Å². The minimum Gasteiger partial charge on any atom is -0.497 e. The first kappa shape index (κ1) is 25.0. The maximum absolute atomic E-state index is 13.6. The molecule has 0 amide bonds. The third-order valence-electron chi connectivity index (χ3n) is 6.96. The number of hydrogen-bond donors (Lipinski definition) is 3. The molecule has 4 aromatic rings. The van der Waals surface area contributed by atoms with E-state index in [-0.39, 0.29) is 5.82 Å². The van der Waals surface area contributed by atoms with Crippen LogP contribution in [0.4, 0.5) is 5.69 Å². The number of carboxylic acid groups (broad SMARTS) is 1. The van der Waals surface area contributed by atoms with E-state index in [2.05, 4.69) is 33.3 Å². The van der Waals surface area contributed by atoms with Gasteiger partial charge in [-0.3, -0.25) is 9.59 Å². The Bertz CT molecular complexity index is 1410. The highest BCUT2D eigenvalue weighted by Gasteiger charge is 2.35.